The van der Waals surface area contributed by atoms with Gasteiger partial charge in [0, 0.05) is 5.25 Å². The van der Waals surface area contributed by atoms with Crippen LogP contribution in [-0.2, 0) is 9.53 Å². The van der Waals surface area contributed by atoms with Gasteiger partial charge in [0.25, 0.3) is 0 Å². The van der Waals surface area contributed by atoms with E-state index in [0.29, 0.717) is 18.0 Å². The molecule has 0 saturated heterocycles. The number of alkyl carbamates (subject to hydrolysis) is 1. The second-order valence-corrected chi connectivity index (χ2v) is 7.36. The van der Waals surface area contributed by atoms with Crippen LogP contribution < -0.4 is 5.32 Å². The van der Waals surface area contributed by atoms with Crippen LogP contribution in [0.3, 0.4) is 0 Å². The van der Waals surface area contributed by atoms with E-state index < -0.39 is 17.7 Å². The molecule has 0 aromatic rings. The van der Waals surface area contributed by atoms with Gasteiger partial charge < -0.3 is 9.84 Å². The molecule has 0 spiro atoms. The molecule has 112 valence electrons. The maximum atomic E-state index is 11.7. The normalized spacial score (nSPS) is 29.4. The summed E-state index contributed by atoms with van der Waals surface area (Å²) < 4.78 is 5.17. The van der Waals surface area contributed by atoms with Crippen LogP contribution in [0.5, 0.6) is 0 Å². The second kappa shape index (κ2) is 5.63. The van der Waals surface area contributed by atoms with Crippen LogP contribution in [0.2, 0.25) is 0 Å². The van der Waals surface area contributed by atoms with Crippen molar-refractivity contribution in [1.82, 2.24) is 5.32 Å². The molecule has 20 heavy (non-hydrogen) atoms. The van der Waals surface area contributed by atoms with E-state index in [1.54, 1.807) is 20.8 Å². The Kier molecular flexibility index (Phi) is 4.27. The average molecular weight is 300 g/mol. The van der Waals surface area contributed by atoms with Gasteiger partial charge in [-0.25, -0.2) is 4.79 Å². The maximum Gasteiger partial charge on any atom is 0.413 e. The number of nitrogens with one attached hydrogen (secondary N) is 1. The number of hydrogen-bond acceptors (Lipinski definition) is 5. The molecule has 2 aliphatic rings. The third-order valence-corrected chi connectivity index (χ3v) is 4.50. The highest BCUT2D eigenvalue weighted by Gasteiger charge is 2.39. The minimum absolute atomic E-state index is 0.112. The molecule has 1 aliphatic heterocycles. The fraction of sp³-hybridized carbons (Fsp3) is 0.769. The quantitative estimate of drug-likeness (QED) is 0.775. The summed E-state index contributed by atoms with van der Waals surface area (Å²) in [5, 5.41) is 12.4. The Hall–Kier alpha value is -1.24. The molecule has 1 fully saturated rings. The van der Waals surface area contributed by atoms with Gasteiger partial charge in [-0.2, -0.15) is 0 Å². The van der Waals surface area contributed by atoms with Gasteiger partial charge in [0.1, 0.15) is 5.60 Å². The molecular weight excluding hydrogens is 280 g/mol. The number of carboxylic acids is 1. The number of nitrogens with zero attached hydrogens (tertiary/aromatic N) is 1. The summed E-state index contributed by atoms with van der Waals surface area (Å²) in [4.78, 5) is 27.1. The highest BCUT2D eigenvalue weighted by Crippen LogP contribution is 2.39. The van der Waals surface area contributed by atoms with Crippen LogP contribution in [0.25, 0.3) is 0 Å². The van der Waals surface area contributed by atoms with Crippen LogP contribution in [0.1, 0.15) is 40.0 Å². The highest BCUT2D eigenvalue weighted by atomic mass is 32.2. The molecule has 7 heteroatoms. The summed E-state index contributed by atoms with van der Waals surface area (Å²) in [5.41, 5.74) is -0.547. The lowest BCUT2D eigenvalue weighted by Crippen LogP contribution is -2.34. The first-order valence-corrected chi connectivity index (χ1v) is 7.60. The van der Waals surface area contributed by atoms with Crippen LogP contribution in [0.15, 0.2) is 4.99 Å². The van der Waals surface area contributed by atoms with Crippen LogP contribution in [0, 0.1) is 5.92 Å². The predicted octanol–water partition coefficient (Wildman–Crippen LogP) is 2.24. The minimum Gasteiger partial charge on any atom is -0.481 e. The van der Waals surface area contributed by atoms with Crippen LogP contribution in [0.4, 0.5) is 4.79 Å². The van der Waals surface area contributed by atoms with Gasteiger partial charge in [0.15, 0.2) is 5.17 Å². The average Bonchev–Trinajstić information content (AvgIpc) is 2.66. The van der Waals surface area contributed by atoms with Gasteiger partial charge in [-0.3, -0.25) is 15.1 Å². The molecule has 2 rings (SSSR count). The monoisotopic (exact) mass is 300 g/mol. The van der Waals surface area contributed by atoms with Crippen molar-refractivity contribution in [2.75, 3.05) is 0 Å². The van der Waals surface area contributed by atoms with Crippen molar-refractivity contribution in [3.8, 4) is 0 Å². The molecule has 1 amide bonds. The predicted molar refractivity (Wildman–Crippen MR) is 76.9 cm³/mol. The molecule has 1 aliphatic carbocycles. The largest absolute Gasteiger partial charge is 0.481 e. The fourth-order valence-corrected chi connectivity index (χ4v) is 3.70. The summed E-state index contributed by atoms with van der Waals surface area (Å²) in [5.74, 6) is -1.03. The van der Waals surface area contributed by atoms with E-state index in [1.807, 2.05) is 0 Å². The summed E-state index contributed by atoms with van der Waals surface area (Å²) in [7, 11) is 0. The van der Waals surface area contributed by atoms with Crippen molar-refractivity contribution in [1.29, 1.82) is 0 Å². The van der Waals surface area contributed by atoms with Crippen molar-refractivity contribution in [2.24, 2.45) is 10.9 Å². The Labute approximate surface area is 122 Å². The Bertz CT molecular complexity index is 444. The van der Waals surface area contributed by atoms with E-state index >= 15 is 0 Å². The van der Waals surface area contributed by atoms with Crippen molar-refractivity contribution in [3.05, 3.63) is 0 Å². The Morgan fingerprint density at radius 1 is 1.40 bits per heavy atom. The fourth-order valence-electron chi connectivity index (χ4n) is 2.39. The molecule has 6 nitrogen and oxygen atoms in total. The van der Waals surface area contributed by atoms with E-state index in [9.17, 15) is 9.59 Å². The first-order valence-electron chi connectivity index (χ1n) is 6.72. The molecule has 1 saturated carbocycles. The lowest BCUT2D eigenvalue weighted by atomic mass is 9.86. The first kappa shape index (κ1) is 15.2. The lowest BCUT2D eigenvalue weighted by Gasteiger charge is -2.26. The van der Waals surface area contributed by atoms with E-state index in [-0.39, 0.29) is 17.2 Å². The number of hydrogen-bond donors (Lipinski definition) is 2. The zero-order valence-corrected chi connectivity index (χ0v) is 12.7. The molecule has 0 radical (unpaired) electrons. The van der Waals surface area contributed by atoms with Crippen LogP contribution in [-0.4, -0.2) is 39.2 Å². The number of aliphatic carboxylic acids is 1. The van der Waals surface area contributed by atoms with Gasteiger partial charge >= 0.3 is 12.1 Å². The number of fused-ring (bicyclic) bond motifs is 1. The molecule has 3 atom stereocenters. The Balaban J connectivity index is 1.88. The van der Waals surface area contributed by atoms with Crippen molar-refractivity contribution < 1.29 is 19.4 Å². The molecule has 2 N–H and O–H groups in total. The molecular formula is C13H20N2O4S. The topological polar surface area (TPSA) is 88.0 Å². The van der Waals surface area contributed by atoms with Gasteiger partial charge in [0.2, 0.25) is 0 Å². The van der Waals surface area contributed by atoms with E-state index in [1.165, 1.54) is 11.8 Å². The number of thioether (sulfide) groups is 1. The molecule has 0 aromatic heterocycles. The summed E-state index contributed by atoms with van der Waals surface area (Å²) in [6.45, 7) is 5.40. The number of aliphatic imine (C=N–C) groups is 1. The van der Waals surface area contributed by atoms with Gasteiger partial charge in [-0.05, 0) is 40.0 Å². The second-order valence-electron chi connectivity index (χ2n) is 6.13. The summed E-state index contributed by atoms with van der Waals surface area (Å²) in [6, 6.07) is 0.112. The molecule has 3 unspecified atom stereocenters. The highest BCUT2D eigenvalue weighted by molar-refractivity contribution is 8.14. The minimum atomic E-state index is -0.738. The zero-order chi connectivity index (χ0) is 14.9. The number of carbonyl (C=O) groups is 2. The van der Waals surface area contributed by atoms with Crippen LogP contribution >= 0.6 is 11.8 Å². The van der Waals surface area contributed by atoms with Crippen molar-refractivity contribution >= 4 is 29.0 Å². The summed E-state index contributed by atoms with van der Waals surface area (Å²) >= 11 is 1.44. The SMILES string of the molecule is CC(C)(C)OC(=O)NC1=NC2CCC(C(=O)O)CC2S1. The summed E-state index contributed by atoms with van der Waals surface area (Å²) in [6.07, 6.45) is 1.50. The van der Waals surface area contributed by atoms with Gasteiger partial charge in [0.05, 0.1) is 12.0 Å². The van der Waals surface area contributed by atoms with Crippen molar-refractivity contribution in [2.45, 2.75) is 56.9 Å². The molecule has 1 heterocycles. The number of ether oxygens (including phenoxy) is 1. The van der Waals surface area contributed by atoms with E-state index in [2.05, 4.69) is 10.3 Å². The van der Waals surface area contributed by atoms with Crippen molar-refractivity contribution in [3.63, 3.8) is 0 Å². The first-order chi connectivity index (χ1) is 9.24. The maximum absolute atomic E-state index is 11.7. The number of carbonyl (C=O) groups excluding carboxylic acids is 1. The number of carboxylic acid groups (broad SMARTS) is 1. The number of amides is 1. The Morgan fingerprint density at radius 3 is 2.70 bits per heavy atom. The van der Waals surface area contributed by atoms with E-state index in [4.69, 9.17) is 9.84 Å². The number of rotatable bonds is 1. The molecule has 0 aromatic carbocycles. The smallest absolute Gasteiger partial charge is 0.413 e. The third kappa shape index (κ3) is 3.88. The third-order valence-electron chi connectivity index (χ3n) is 3.26. The lowest BCUT2D eigenvalue weighted by molar-refractivity contribution is -0.142. The van der Waals surface area contributed by atoms with Gasteiger partial charge in [-0.1, -0.05) is 11.8 Å². The van der Waals surface area contributed by atoms with E-state index in [0.717, 1.165) is 6.42 Å². The standard InChI is InChI=1S/C13H20N2O4S/c1-13(2,3)19-12(18)15-11-14-8-5-4-7(10(16)17)6-9(8)20-11/h7-9H,4-6H2,1-3H3,(H,16,17)(H,14,15,18). The Morgan fingerprint density at radius 2 is 2.10 bits per heavy atom. The zero-order valence-electron chi connectivity index (χ0n) is 11.9. The van der Waals surface area contributed by atoms with Gasteiger partial charge in [-0.15, -0.1) is 0 Å². The molecule has 0 bridgehead atoms. The number of amidine groups is 1.